The molecule has 0 spiro atoms. The predicted molar refractivity (Wildman–Crippen MR) is 175 cm³/mol. The Hall–Kier alpha value is -4.36. The molecule has 0 aliphatic carbocycles. The lowest BCUT2D eigenvalue weighted by Gasteiger charge is -2.52. The van der Waals surface area contributed by atoms with Crippen LogP contribution in [-0.2, 0) is 71.3 Å². The minimum absolute atomic E-state index is 0.0685. The van der Waals surface area contributed by atoms with E-state index < -0.39 is 110 Å². The lowest BCUT2D eigenvalue weighted by molar-refractivity contribution is -0.389. The number of carbonyl (C=O) groups is 6. The number of amides is 1. The molecule has 53 heavy (non-hydrogen) atoms. The van der Waals surface area contributed by atoms with E-state index >= 15 is 0 Å². The van der Waals surface area contributed by atoms with Gasteiger partial charge in [0.05, 0.1) is 18.8 Å². The molecule has 294 valence electrons. The standard InChI is InChI=1S/C35H47NO17/c1-8-9-15-43-34(42)36-25-28(27-24(17-45-35(6,7)53-27)49-32(25)52-31(41)22-13-11-10-12-14-22)51-33-30(48-21(5)40)29(47-20(4)39)26(46-19(3)38)23(50-33)16-44-18(2)37/h10-14,23-30,32-33H,8-9,15-17H2,1-7H3,(H,36,42)/t23?,24?,25-,26-,27+,28?,29?,30-,32-,33-/m0/s1. The first-order chi connectivity index (χ1) is 25.1. The van der Waals surface area contributed by atoms with Crippen LogP contribution in [0.1, 0.15) is 71.7 Å². The van der Waals surface area contributed by atoms with E-state index in [0.717, 1.165) is 34.1 Å². The van der Waals surface area contributed by atoms with Gasteiger partial charge in [-0.25, -0.2) is 9.59 Å². The number of rotatable bonds is 13. The third-order valence-electron chi connectivity index (χ3n) is 8.15. The van der Waals surface area contributed by atoms with Gasteiger partial charge in [-0.2, -0.15) is 0 Å². The van der Waals surface area contributed by atoms with Crippen LogP contribution in [0.4, 0.5) is 4.79 Å². The second-order valence-corrected chi connectivity index (χ2v) is 12.9. The summed E-state index contributed by atoms with van der Waals surface area (Å²) in [6, 6.07) is 6.64. The molecule has 4 rings (SSSR count). The van der Waals surface area contributed by atoms with Gasteiger partial charge >= 0.3 is 35.9 Å². The largest absolute Gasteiger partial charge is 0.463 e. The molecule has 1 aromatic rings. The van der Waals surface area contributed by atoms with Crippen molar-refractivity contribution in [2.75, 3.05) is 19.8 Å². The third-order valence-corrected chi connectivity index (χ3v) is 8.15. The lowest BCUT2D eigenvalue weighted by Crippen LogP contribution is -2.71. The zero-order chi connectivity index (χ0) is 38.9. The highest BCUT2D eigenvalue weighted by Crippen LogP contribution is 2.38. The average molecular weight is 754 g/mol. The molecule has 0 radical (unpaired) electrons. The van der Waals surface area contributed by atoms with Crippen molar-refractivity contribution in [1.29, 1.82) is 0 Å². The molecule has 18 nitrogen and oxygen atoms in total. The first-order valence-corrected chi connectivity index (χ1v) is 17.2. The van der Waals surface area contributed by atoms with Crippen molar-refractivity contribution in [1.82, 2.24) is 5.32 Å². The van der Waals surface area contributed by atoms with Gasteiger partial charge in [0.1, 0.15) is 37.1 Å². The molecule has 3 aliphatic heterocycles. The number of nitrogens with one attached hydrogen (secondary N) is 1. The van der Waals surface area contributed by atoms with Crippen LogP contribution in [0.3, 0.4) is 0 Å². The molecule has 0 bridgehead atoms. The summed E-state index contributed by atoms with van der Waals surface area (Å²) < 4.78 is 64.1. The quantitative estimate of drug-likeness (QED) is 0.173. The summed E-state index contributed by atoms with van der Waals surface area (Å²) in [5.74, 6) is -5.25. The number of fused-ring (bicyclic) bond motifs is 1. The van der Waals surface area contributed by atoms with Gasteiger partial charge in [0.25, 0.3) is 0 Å². The van der Waals surface area contributed by atoms with Crippen molar-refractivity contribution in [3.63, 3.8) is 0 Å². The Morgan fingerprint density at radius 1 is 0.774 bits per heavy atom. The van der Waals surface area contributed by atoms with Gasteiger partial charge in [-0.3, -0.25) is 19.2 Å². The van der Waals surface area contributed by atoms with Crippen LogP contribution in [0.5, 0.6) is 0 Å². The smallest absolute Gasteiger partial charge is 0.407 e. The maximum Gasteiger partial charge on any atom is 0.407 e. The van der Waals surface area contributed by atoms with Crippen LogP contribution in [0.2, 0.25) is 0 Å². The fraction of sp³-hybridized carbons (Fsp3) is 0.657. The van der Waals surface area contributed by atoms with E-state index in [1.54, 1.807) is 32.0 Å². The molecular formula is C35H47NO17. The number of hydrogen-bond donors (Lipinski definition) is 1. The van der Waals surface area contributed by atoms with E-state index in [4.69, 9.17) is 52.1 Å². The third kappa shape index (κ3) is 11.6. The van der Waals surface area contributed by atoms with Crippen molar-refractivity contribution in [3.8, 4) is 0 Å². The molecular weight excluding hydrogens is 706 g/mol. The Balaban J connectivity index is 1.80. The van der Waals surface area contributed by atoms with Crippen LogP contribution >= 0.6 is 0 Å². The van der Waals surface area contributed by atoms with Gasteiger partial charge in [-0.1, -0.05) is 31.5 Å². The summed E-state index contributed by atoms with van der Waals surface area (Å²) >= 11 is 0. The van der Waals surface area contributed by atoms with Gasteiger partial charge in [-0.05, 0) is 32.4 Å². The summed E-state index contributed by atoms with van der Waals surface area (Å²) in [4.78, 5) is 75.6. The second kappa shape index (κ2) is 18.6. The van der Waals surface area contributed by atoms with Crippen molar-refractivity contribution in [2.45, 2.75) is 128 Å². The summed E-state index contributed by atoms with van der Waals surface area (Å²) in [5.41, 5.74) is 0.178. The molecule has 0 saturated carbocycles. The molecule has 1 amide bonds. The Morgan fingerprint density at radius 3 is 2.04 bits per heavy atom. The van der Waals surface area contributed by atoms with Crippen molar-refractivity contribution >= 4 is 35.9 Å². The summed E-state index contributed by atoms with van der Waals surface area (Å²) in [5, 5.41) is 2.67. The van der Waals surface area contributed by atoms with Gasteiger partial charge in [0.2, 0.25) is 6.29 Å². The van der Waals surface area contributed by atoms with Crippen LogP contribution in [-0.4, -0.2) is 123 Å². The van der Waals surface area contributed by atoms with Crippen LogP contribution in [0.25, 0.3) is 0 Å². The van der Waals surface area contributed by atoms with Gasteiger partial charge in [-0.15, -0.1) is 0 Å². The zero-order valence-electron chi connectivity index (χ0n) is 30.6. The van der Waals surface area contributed by atoms with Crippen molar-refractivity contribution in [3.05, 3.63) is 35.9 Å². The Bertz CT molecular complexity index is 1450. The van der Waals surface area contributed by atoms with E-state index in [0.29, 0.717) is 6.42 Å². The molecule has 1 N–H and O–H groups in total. The number of ether oxygens (including phenoxy) is 11. The van der Waals surface area contributed by atoms with Crippen LogP contribution < -0.4 is 5.32 Å². The summed E-state index contributed by atoms with van der Waals surface area (Å²) in [6.45, 7) is 9.06. The fourth-order valence-corrected chi connectivity index (χ4v) is 5.93. The molecule has 0 aromatic heterocycles. The summed E-state index contributed by atoms with van der Waals surface area (Å²) in [6.07, 6.45) is -12.3. The number of alkyl carbamates (subject to hydrolysis) is 1. The van der Waals surface area contributed by atoms with Gasteiger partial charge < -0.3 is 57.4 Å². The molecule has 3 aliphatic rings. The topological polar surface area (TPSA) is 216 Å². The SMILES string of the molecule is CCCCOC(=O)N[C@H]1C(O[C@@H]2OC(COC(C)=O)[C@H](OC(C)=O)C(OC(C)=O)[C@@H]2OC(C)=O)[C@@H]2OC(C)(C)OCC2O[C@H]1OC(=O)c1ccccc1. The number of esters is 5. The zero-order valence-corrected chi connectivity index (χ0v) is 30.6. The van der Waals surface area contributed by atoms with E-state index in [2.05, 4.69) is 5.32 Å². The highest BCUT2D eigenvalue weighted by atomic mass is 16.8. The van der Waals surface area contributed by atoms with Crippen molar-refractivity contribution in [2.24, 2.45) is 0 Å². The first-order valence-electron chi connectivity index (χ1n) is 17.2. The van der Waals surface area contributed by atoms with Crippen LogP contribution in [0.15, 0.2) is 30.3 Å². The van der Waals surface area contributed by atoms with E-state index in [-0.39, 0.29) is 18.8 Å². The first kappa shape index (κ1) is 41.4. The maximum atomic E-state index is 13.4. The van der Waals surface area contributed by atoms with Gasteiger partial charge in [0.15, 0.2) is 30.4 Å². The molecule has 3 fully saturated rings. The highest BCUT2D eigenvalue weighted by Gasteiger charge is 2.58. The molecule has 18 heteroatoms. The number of carbonyl (C=O) groups excluding carboxylic acids is 6. The minimum atomic E-state index is -1.69. The average Bonchev–Trinajstić information content (AvgIpc) is 3.07. The van der Waals surface area contributed by atoms with E-state index in [1.165, 1.54) is 12.1 Å². The normalized spacial score (nSPS) is 30.4. The molecule has 1 aromatic carbocycles. The Morgan fingerprint density at radius 2 is 1.42 bits per heavy atom. The number of unbranched alkanes of at least 4 members (excludes halogenated alkanes) is 1. The van der Waals surface area contributed by atoms with E-state index in [9.17, 15) is 28.8 Å². The van der Waals surface area contributed by atoms with Gasteiger partial charge in [0, 0.05) is 27.7 Å². The number of hydrogen-bond acceptors (Lipinski definition) is 17. The predicted octanol–water partition coefficient (Wildman–Crippen LogP) is 2.08. The second-order valence-electron chi connectivity index (χ2n) is 12.9. The van der Waals surface area contributed by atoms with E-state index in [1.807, 2.05) is 6.92 Å². The highest BCUT2D eigenvalue weighted by molar-refractivity contribution is 5.89. The molecule has 4 unspecified atom stereocenters. The minimum Gasteiger partial charge on any atom is -0.463 e. The fourth-order valence-electron chi connectivity index (χ4n) is 5.93. The molecule has 3 heterocycles. The van der Waals surface area contributed by atoms with Crippen molar-refractivity contribution < 1.29 is 80.9 Å². The summed E-state index contributed by atoms with van der Waals surface area (Å²) in [7, 11) is 0. The monoisotopic (exact) mass is 753 g/mol. The molecule has 3 saturated heterocycles. The van der Waals surface area contributed by atoms with Crippen LogP contribution in [0, 0.1) is 0 Å². The Kier molecular flexibility index (Phi) is 14.5. The molecule has 10 atom stereocenters. The number of benzene rings is 1. The maximum absolute atomic E-state index is 13.4. The lowest BCUT2D eigenvalue weighted by atomic mass is 9.94. The Labute approximate surface area is 306 Å².